The number of anilines is 1. The maximum atomic E-state index is 13.2. The van der Waals surface area contributed by atoms with Gasteiger partial charge in [0.25, 0.3) is 0 Å². The topological polar surface area (TPSA) is 57.7 Å². The summed E-state index contributed by atoms with van der Waals surface area (Å²) in [5, 5.41) is 1.45. The van der Waals surface area contributed by atoms with E-state index >= 15 is 0 Å². The van der Waals surface area contributed by atoms with Crippen LogP contribution in [0, 0.1) is 0 Å². The van der Waals surface area contributed by atoms with Crippen LogP contribution >= 0.6 is 34.8 Å². The molecule has 3 rings (SSSR count). The predicted octanol–water partition coefficient (Wildman–Crippen LogP) is 4.99. The number of hydrogen-bond donors (Lipinski definition) is 0. The third-order valence-electron chi connectivity index (χ3n) is 4.61. The van der Waals surface area contributed by atoms with Crippen LogP contribution in [0.3, 0.4) is 0 Å². The molecule has 1 aliphatic rings. The number of rotatable bonds is 9. The van der Waals surface area contributed by atoms with E-state index in [1.165, 1.54) is 4.31 Å². The lowest BCUT2D eigenvalue weighted by Crippen LogP contribution is -2.43. The molecule has 1 fully saturated rings. The van der Waals surface area contributed by atoms with Crippen molar-refractivity contribution >= 4 is 61.5 Å². The zero-order valence-electron chi connectivity index (χ0n) is 15.6. The Morgan fingerprint density at radius 2 is 1.62 bits per heavy atom. The Hall–Kier alpha value is -0.830. The number of halogens is 3. The smallest absolute Gasteiger partial charge is 0.214 e. The fourth-order valence-corrected chi connectivity index (χ4v) is 6.33. The van der Waals surface area contributed by atoms with Gasteiger partial charge in [0.15, 0.2) is 11.0 Å². The molecule has 0 spiro atoms. The quantitative estimate of drug-likeness (QED) is 0.460. The molecule has 0 bridgehead atoms. The molecule has 29 heavy (non-hydrogen) atoms. The van der Waals surface area contributed by atoms with E-state index in [0.29, 0.717) is 58.1 Å². The minimum absolute atomic E-state index is 0.0810. The Morgan fingerprint density at radius 1 is 0.966 bits per heavy atom. The van der Waals surface area contributed by atoms with E-state index in [9.17, 15) is 12.6 Å². The molecule has 0 amide bonds. The predicted molar refractivity (Wildman–Crippen MR) is 121 cm³/mol. The van der Waals surface area contributed by atoms with Gasteiger partial charge in [-0.1, -0.05) is 34.8 Å². The third-order valence-corrected chi connectivity index (χ3v) is 8.83. The van der Waals surface area contributed by atoms with Crippen molar-refractivity contribution in [2.75, 3.05) is 29.7 Å². The highest BCUT2D eigenvalue weighted by atomic mass is 35.5. The molecule has 1 heterocycles. The number of nitrogens with zero attached hydrogens (tertiary/aromatic N) is 2. The lowest BCUT2D eigenvalue weighted by molar-refractivity contribution is 0.309. The SMILES string of the molecule is O=S(c1ccc(Cl)cc1)N(CCCCS(=O)(=O)N1CCC1)c1cc(Cl)ccc1Cl. The lowest BCUT2D eigenvalue weighted by Gasteiger charge is -2.30. The van der Waals surface area contributed by atoms with Gasteiger partial charge in [0.05, 0.1) is 21.4 Å². The first-order valence-corrected chi connectivity index (χ1v) is 13.0. The summed E-state index contributed by atoms with van der Waals surface area (Å²) in [6, 6.07) is 11.7. The van der Waals surface area contributed by atoms with Gasteiger partial charge in [-0.05, 0) is 61.7 Å². The monoisotopic (exact) mass is 494 g/mol. The summed E-state index contributed by atoms with van der Waals surface area (Å²) in [4.78, 5) is 0.568. The van der Waals surface area contributed by atoms with E-state index in [0.717, 1.165) is 6.42 Å². The Balaban J connectivity index is 1.74. The van der Waals surface area contributed by atoms with Gasteiger partial charge in [-0.15, -0.1) is 0 Å². The van der Waals surface area contributed by atoms with E-state index in [1.54, 1.807) is 46.8 Å². The highest BCUT2D eigenvalue weighted by Gasteiger charge is 2.27. The van der Waals surface area contributed by atoms with Crippen LogP contribution in [0.25, 0.3) is 0 Å². The molecule has 1 atom stereocenters. The summed E-state index contributed by atoms with van der Waals surface area (Å²) < 4.78 is 40.8. The maximum Gasteiger partial charge on any atom is 0.214 e. The van der Waals surface area contributed by atoms with Crippen LogP contribution in [-0.2, 0) is 21.0 Å². The molecular weight excluding hydrogens is 475 g/mol. The van der Waals surface area contributed by atoms with Crippen molar-refractivity contribution < 1.29 is 12.6 Å². The standard InChI is InChI=1S/C19H21Cl3N2O3S2/c20-15-4-7-17(8-5-15)28(25)24(19-14-16(21)6-9-18(19)22)12-1-2-13-29(26,27)23-10-3-11-23/h4-9,14H,1-3,10-13H2. The van der Waals surface area contributed by atoms with E-state index in [2.05, 4.69) is 0 Å². The summed E-state index contributed by atoms with van der Waals surface area (Å²) in [6.07, 6.45) is 1.92. The van der Waals surface area contributed by atoms with Crippen LogP contribution in [0.15, 0.2) is 47.4 Å². The van der Waals surface area contributed by atoms with Crippen molar-refractivity contribution in [3.63, 3.8) is 0 Å². The van der Waals surface area contributed by atoms with Crippen LogP contribution in [0.4, 0.5) is 5.69 Å². The van der Waals surface area contributed by atoms with Crippen molar-refractivity contribution in [3.05, 3.63) is 57.5 Å². The molecule has 0 aromatic heterocycles. The third kappa shape index (κ3) is 5.87. The van der Waals surface area contributed by atoms with E-state index in [4.69, 9.17) is 34.8 Å². The van der Waals surface area contributed by atoms with Crippen LogP contribution in [-0.4, -0.2) is 42.3 Å². The number of hydrogen-bond acceptors (Lipinski definition) is 3. The Bertz CT molecular complexity index is 981. The minimum atomic E-state index is -3.20. The van der Waals surface area contributed by atoms with Crippen LogP contribution < -0.4 is 4.31 Å². The van der Waals surface area contributed by atoms with Crippen LogP contribution in [0.2, 0.25) is 15.1 Å². The first-order valence-electron chi connectivity index (χ1n) is 9.16. The largest absolute Gasteiger partial charge is 0.286 e. The van der Waals surface area contributed by atoms with Crippen LogP contribution in [0.1, 0.15) is 19.3 Å². The Labute approximate surface area is 189 Å². The Morgan fingerprint density at radius 3 is 2.24 bits per heavy atom. The van der Waals surface area contributed by atoms with E-state index < -0.39 is 21.0 Å². The summed E-state index contributed by atoms with van der Waals surface area (Å²) >= 11 is 18.4. The van der Waals surface area contributed by atoms with Gasteiger partial charge in [0.1, 0.15) is 0 Å². The average Bonchev–Trinajstić information content (AvgIpc) is 2.62. The molecule has 0 saturated carbocycles. The van der Waals surface area contributed by atoms with Gasteiger partial charge in [-0.2, -0.15) is 0 Å². The van der Waals surface area contributed by atoms with Crippen molar-refractivity contribution in [2.24, 2.45) is 0 Å². The highest BCUT2D eigenvalue weighted by molar-refractivity contribution is 7.89. The Kier molecular flexibility index (Phi) is 7.87. The van der Waals surface area contributed by atoms with Gasteiger partial charge >= 0.3 is 0 Å². The first kappa shape index (κ1) is 22.8. The molecule has 2 aromatic carbocycles. The second kappa shape index (κ2) is 9.98. The van der Waals surface area contributed by atoms with Crippen LogP contribution in [0.5, 0.6) is 0 Å². The minimum Gasteiger partial charge on any atom is -0.286 e. The highest BCUT2D eigenvalue weighted by Crippen LogP contribution is 2.32. The number of unbranched alkanes of at least 4 members (excludes halogenated alkanes) is 1. The van der Waals surface area contributed by atoms with Gasteiger partial charge in [0.2, 0.25) is 10.0 Å². The molecule has 0 N–H and O–H groups in total. The second-order valence-electron chi connectivity index (χ2n) is 6.68. The molecule has 2 aromatic rings. The summed E-state index contributed by atoms with van der Waals surface area (Å²) in [6.45, 7) is 1.57. The molecule has 0 radical (unpaired) electrons. The molecule has 158 valence electrons. The normalized spacial score (nSPS) is 15.7. The average molecular weight is 496 g/mol. The molecule has 1 saturated heterocycles. The molecular formula is C19H21Cl3N2O3S2. The fraction of sp³-hybridized carbons (Fsp3) is 0.368. The van der Waals surface area contributed by atoms with Gasteiger partial charge in [-0.3, -0.25) is 4.31 Å². The fourth-order valence-electron chi connectivity index (χ4n) is 2.88. The summed E-state index contributed by atoms with van der Waals surface area (Å²) in [7, 11) is -4.75. The maximum absolute atomic E-state index is 13.2. The van der Waals surface area contributed by atoms with Crippen molar-refractivity contribution in [1.29, 1.82) is 0 Å². The van der Waals surface area contributed by atoms with Crippen molar-refractivity contribution in [3.8, 4) is 0 Å². The molecule has 10 heteroatoms. The zero-order valence-corrected chi connectivity index (χ0v) is 19.5. The van der Waals surface area contributed by atoms with E-state index in [-0.39, 0.29) is 5.75 Å². The zero-order chi connectivity index (χ0) is 21.0. The van der Waals surface area contributed by atoms with Gasteiger partial charge < -0.3 is 0 Å². The lowest BCUT2D eigenvalue weighted by atomic mass is 10.3. The summed E-state index contributed by atoms with van der Waals surface area (Å²) in [5.74, 6) is 0.0810. The number of sulfonamides is 1. The van der Waals surface area contributed by atoms with E-state index in [1.807, 2.05) is 0 Å². The number of benzene rings is 2. The molecule has 5 nitrogen and oxygen atoms in total. The molecule has 1 aliphatic heterocycles. The van der Waals surface area contributed by atoms with Crippen molar-refractivity contribution in [1.82, 2.24) is 4.31 Å². The van der Waals surface area contributed by atoms with Gasteiger partial charge in [-0.25, -0.2) is 16.9 Å². The van der Waals surface area contributed by atoms with Crippen molar-refractivity contribution in [2.45, 2.75) is 24.2 Å². The van der Waals surface area contributed by atoms with Gasteiger partial charge in [0, 0.05) is 29.7 Å². The second-order valence-corrected chi connectivity index (χ2v) is 11.5. The summed E-state index contributed by atoms with van der Waals surface area (Å²) in [5.41, 5.74) is 0.540. The molecule has 0 aliphatic carbocycles. The molecule has 1 unspecified atom stereocenters. The first-order chi connectivity index (χ1) is 13.8.